The Morgan fingerprint density at radius 3 is 2.72 bits per heavy atom. The molecule has 1 aliphatic heterocycles. The molecule has 1 N–H and O–H groups in total. The Morgan fingerprint density at radius 1 is 1.32 bits per heavy atom. The molecule has 2 aliphatic rings. The molecule has 6 nitrogen and oxygen atoms in total. The van der Waals surface area contributed by atoms with Crippen LogP contribution in [0.1, 0.15) is 38.8 Å². The monoisotopic (exact) mass is 340 g/mol. The van der Waals surface area contributed by atoms with Crippen LogP contribution >= 0.6 is 0 Å². The minimum absolute atomic E-state index is 0.106. The number of carbonyl (C=O) groups excluding carboxylic acids is 3. The van der Waals surface area contributed by atoms with Gasteiger partial charge in [0.1, 0.15) is 11.0 Å². The highest BCUT2D eigenvalue weighted by Gasteiger charge is 2.55. The minimum atomic E-state index is -1.21. The molecule has 25 heavy (non-hydrogen) atoms. The highest BCUT2D eigenvalue weighted by molar-refractivity contribution is 6.22. The first-order valence-electron chi connectivity index (χ1n) is 8.35. The lowest BCUT2D eigenvalue weighted by molar-refractivity contribution is -0.129. The standard InChI is InChI=1S/C19H20N2O4/c1-18(2,3)25-17(24)21-9-10-8-12-15(22)19(4,16(23)20-12)11-6-5-7-13(21)14(10)11/h5-7,9,12H,8H2,1-4H3,(H,20,23)/t12?,19-/m1/s1. The first-order chi connectivity index (χ1) is 11.6. The van der Waals surface area contributed by atoms with E-state index in [9.17, 15) is 14.4 Å². The number of nitrogens with zero attached hydrogens (tertiary/aromatic N) is 1. The molecule has 1 aromatic heterocycles. The van der Waals surface area contributed by atoms with E-state index in [1.807, 2.05) is 26.8 Å². The molecule has 1 saturated heterocycles. The average Bonchev–Trinajstić information content (AvgIpc) is 2.95. The Morgan fingerprint density at radius 2 is 2.04 bits per heavy atom. The van der Waals surface area contributed by atoms with Gasteiger partial charge in [0.25, 0.3) is 0 Å². The molecule has 4 rings (SSSR count). The van der Waals surface area contributed by atoms with Crippen molar-refractivity contribution in [3.63, 3.8) is 0 Å². The molecule has 2 bridgehead atoms. The zero-order chi connectivity index (χ0) is 18.1. The fourth-order valence-corrected chi connectivity index (χ4v) is 3.85. The number of amides is 1. The molecule has 1 fully saturated rings. The number of ketones is 1. The molecule has 130 valence electrons. The number of benzene rings is 1. The number of hydrogen-bond acceptors (Lipinski definition) is 4. The lowest BCUT2D eigenvalue weighted by atomic mass is 9.78. The van der Waals surface area contributed by atoms with Crippen LogP contribution in [0, 0.1) is 0 Å². The third-order valence-electron chi connectivity index (χ3n) is 5.03. The van der Waals surface area contributed by atoms with Gasteiger partial charge in [-0.05, 0) is 44.9 Å². The maximum absolute atomic E-state index is 12.8. The molecule has 1 aromatic carbocycles. The van der Waals surface area contributed by atoms with E-state index >= 15 is 0 Å². The van der Waals surface area contributed by atoms with E-state index in [0.29, 0.717) is 17.5 Å². The third-order valence-corrected chi connectivity index (χ3v) is 5.03. The summed E-state index contributed by atoms with van der Waals surface area (Å²) in [6.07, 6.45) is 1.64. The molecule has 1 amide bonds. The highest BCUT2D eigenvalue weighted by atomic mass is 16.6. The Hall–Kier alpha value is -2.63. The third kappa shape index (κ3) is 2.06. The van der Waals surface area contributed by atoms with Gasteiger partial charge in [-0.25, -0.2) is 4.79 Å². The van der Waals surface area contributed by atoms with E-state index in [1.165, 1.54) is 4.57 Å². The number of hydrogen-bond donors (Lipinski definition) is 1. The molecule has 0 radical (unpaired) electrons. The van der Waals surface area contributed by atoms with Crippen LogP contribution in [0.25, 0.3) is 10.9 Å². The molecule has 2 atom stereocenters. The van der Waals surface area contributed by atoms with Crippen molar-refractivity contribution in [3.05, 3.63) is 35.5 Å². The van der Waals surface area contributed by atoms with Crippen molar-refractivity contribution in [2.24, 2.45) is 0 Å². The molecule has 1 aliphatic carbocycles. The number of rotatable bonds is 0. The summed E-state index contributed by atoms with van der Waals surface area (Å²) in [4.78, 5) is 37.9. The Bertz CT molecular complexity index is 950. The van der Waals surface area contributed by atoms with Crippen molar-refractivity contribution in [1.82, 2.24) is 9.88 Å². The van der Waals surface area contributed by atoms with Gasteiger partial charge in [-0.3, -0.25) is 14.2 Å². The van der Waals surface area contributed by atoms with Gasteiger partial charge in [0, 0.05) is 18.0 Å². The molecule has 2 aromatic rings. The second kappa shape index (κ2) is 4.71. The lowest BCUT2D eigenvalue weighted by Crippen LogP contribution is -2.37. The summed E-state index contributed by atoms with van der Waals surface area (Å²) in [7, 11) is 0. The molecule has 2 heterocycles. The van der Waals surface area contributed by atoms with Gasteiger partial charge in [0.2, 0.25) is 5.91 Å². The van der Waals surface area contributed by atoms with Gasteiger partial charge < -0.3 is 10.1 Å². The van der Waals surface area contributed by atoms with Crippen LogP contribution in [0.4, 0.5) is 4.79 Å². The number of aromatic nitrogens is 1. The minimum Gasteiger partial charge on any atom is -0.443 e. The predicted molar refractivity (Wildman–Crippen MR) is 91.6 cm³/mol. The van der Waals surface area contributed by atoms with Gasteiger partial charge in [-0.15, -0.1) is 0 Å². The van der Waals surface area contributed by atoms with E-state index in [2.05, 4.69) is 5.32 Å². The molecule has 1 unspecified atom stereocenters. The van der Waals surface area contributed by atoms with E-state index in [0.717, 1.165) is 10.9 Å². The zero-order valence-corrected chi connectivity index (χ0v) is 14.7. The van der Waals surface area contributed by atoms with Crippen molar-refractivity contribution >= 4 is 28.7 Å². The summed E-state index contributed by atoms with van der Waals surface area (Å²) in [5.74, 6) is -0.379. The maximum Gasteiger partial charge on any atom is 0.419 e. The van der Waals surface area contributed by atoms with Crippen molar-refractivity contribution in [2.75, 3.05) is 0 Å². The number of carbonyl (C=O) groups is 3. The van der Waals surface area contributed by atoms with Crippen LogP contribution in [0.2, 0.25) is 0 Å². The van der Waals surface area contributed by atoms with Crippen molar-refractivity contribution in [1.29, 1.82) is 0 Å². The first-order valence-corrected chi connectivity index (χ1v) is 8.35. The lowest BCUT2D eigenvalue weighted by Gasteiger charge is -2.21. The van der Waals surface area contributed by atoms with Crippen LogP contribution in [-0.4, -0.2) is 34.0 Å². The Kier molecular flexibility index (Phi) is 2.99. The van der Waals surface area contributed by atoms with Gasteiger partial charge in [-0.1, -0.05) is 12.1 Å². The molecule has 6 heteroatoms. The predicted octanol–water partition coefficient (Wildman–Crippen LogP) is 2.31. The summed E-state index contributed by atoms with van der Waals surface area (Å²) >= 11 is 0. The molecule has 0 spiro atoms. The second-order valence-corrected chi connectivity index (χ2v) is 7.92. The Balaban J connectivity index is 1.96. The number of fused-ring (bicyclic) bond motifs is 3. The van der Waals surface area contributed by atoms with Crippen molar-refractivity contribution in [3.8, 4) is 0 Å². The quantitative estimate of drug-likeness (QED) is 0.747. The second-order valence-electron chi connectivity index (χ2n) is 7.92. The van der Waals surface area contributed by atoms with Crippen molar-refractivity contribution < 1.29 is 19.1 Å². The summed E-state index contributed by atoms with van der Waals surface area (Å²) in [6.45, 7) is 7.11. The van der Waals surface area contributed by atoms with Crippen LogP contribution in [0.5, 0.6) is 0 Å². The fourth-order valence-electron chi connectivity index (χ4n) is 3.85. The number of nitrogens with one attached hydrogen (secondary N) is 1. The van der Waals surface area contributed by atoms with Crippen LogP contribution in [0.15, 0.2) is 24.4 Å². The van der Waals surface area contributed by atoms with Crippen LogP contribution < -0.4 is 5.32 Å². The van der Waals surface area contributed by atoms with E-state index in [1.54, 1.807) is 25.3 Å². The SMILES string of the molecule is CC(C)(C)OC(=O)n1cc2c3c(cccc31)[C@@]1(C)C(=O)NC(C2)C1=O. The molecular formula is C19H20N2O4. The first kappa shape index (κ1) is 15.9. The number of ether oxygens (including phenoxy) is 1. The topological polar surface area (TPSA) is 77.4 Å². The van der Waals surface area contributed by atoms with E-state index in [4.69, 9.17) is 4.74 Å². The highest BCUT2D eigenvalue weighted by Crippen LogP contribution is 2.42. The maximum atomic E-state index is 12.8. The largest absolute Gasteiger partial charge is 0.443 e. The van der Waals surface area contributed by atoms with Gasteiger partial charge in [0.15, 0.2) is 5.78 Å². The summed E-state index contributed by atoms with van der Waals surface area (Å²) in [5, 5.41) is 3.60. The van der Waals surface area contributed by atoms with Crippen molar-refractivity contribution in [2.45, 2.75) is 51.2 Å². The Labute approximate surface area is 145 Å². The zero-order valence-electron chi connectivity index (χ0n) is 14.7. The van der Waals surface area contributed by atoms with Crippen LogP contribution in [0.3, 0.4) is 0 Å². The van der Waals surface area contributed by atoms with Gasteiger partial charge >= 0.3 is 6.09 Å². The van der Waals surface area contributed by atoms with Crippen LogP contribution in [-0.2, 0) is 26.2 Å². The van der Waals surface area contributed by atoms with Gasteiger partial charge in [-0.2, -0.15) is 0 Å². The molecular weight excluding hydrogens is 320 g/mol. The van der Waals surface area contributed by atoms with E-state index < -0.39 is 23.2 Å². The summed E-state index contributed by atoms with van der Waals surface area (Å²) in [5.41, 5.74) is 0.371. The normalized spacial score (nSPS) is 25.0. The number of Topliss-reactive ketones (excluding diaryl/α,β-unsaturated/α-hetero) is 1. The van der Waals surface area contributed by atoms with Gasteiger partial charge in [0.05, 0.1) is 11.6 Å². The van der Waals surface area contributed by atoms with E-state index in [-0.39, 0.29) is 11.7 Å². The summed E-state index contributed by atoms with van der Waals surface area (Å²) in [6, 6.07) is 4.84. The smallest absolute Gasteiger partial charge is 0.419 e. The average molecular weight is 340 g/mol. The molecule has 0 saturated carbocycles. The fraction of sp³-hybridized carbons (Fsp3) is 0.421. The summed E-state index contributed by atoms with van der Waals surface area (Å²) < 4.78 is 6.97.